The van der Waals surface area contributed by atoms with Crippen LogP contribution in [0.15, 0.2) is 24.3 Å². The highest BCUT2D eigenvalue weighted by Gasteiger charge is 2.30. The molecule has 120 valence electrons. The summed E-state index contributed by atoms with van der Waals surface area (Å²) in [6.07, 6.45) is -2.53. The first-order chi connectivity index (χ1) is 9.45. The van der Waals surface area contributed by atoms with Crippen molar-refractivity contribution in [2.24, 2.45) is 5.41 Å². The van der Waals surface area contributed by atoms with Gasteiger partial charge in [0.2, 0.25) is 0 Å². The molecule has 0 fully saturated rings. The van der Waals surface area contributed by atoms with E-state index in [2.05, 4.69) is 39.9 Å². The first kappa shape index (κ1) is 18.0. The van der Waals surface area contributed by atoms with E-state index in [1.54, 1.807) is 12.1 Å². The summed E-state index contributed by atoms with van der Waals surface area (Å²) < 4.78 is 37.7. The molecular formula is C17H26F3N. The zero-order valence-corrected chi connectivity index (χ0v) is 13.6. The lowest BCUT2D eigenvalue weighted by Gasteiger charge is -2.33. The zero-order chi connectivity index (χ0) is 16.3. The molecule has 1 nitrogen and oxygen atoms in total. The van der Waals surface area contributed by atoms with Crippen LogP contribution in [0.4, 0.5) is 13.2 Å². The highest BCUT2D eigenvalue weighted by Crippen LogP contribution is 2.31. The molecule has 0 saturated carbocycles. The van der Waals surface area contributed by atoms with Crippen LogP contribution in [0.1, 0.15) is 52.2 Å². The molecule has 21 heavy (non-hydrogen) atoms. The van der Waals surface area contributed by atoms with Crippen LogP contribution in [-0.4, -0.2) is 12.1 Å². The Bertz CT molecular complexity index is 443. The Labute approximate surface area is 125 Å². The smallest absolute Gasteiger partial charge is 0.312 e. The number of benzene rings is 1. The van der Waals surface area contributed by atoms with E-state index in [0.717, 1.165) is 24.9 Å². The maximum absolute atomic E-state index is 12.6. The number of halogens is 3. The maximum Gasteiger partial charge on any atom is 0.416 e. The largest absolute Gasteiger partial charge is 0.416 e. The molecule has 1 rings (SSSR count). The van der Waals surface area contributed by atoms with Gasteiger partial charge in [0, 0.05) is 12.1 Å². The Morgan fingerprint density at radius 3 is 1.86 bits per heavy atom. The third kappa shape index (κ3) is 6.08. The summed E-state index contributed by atoms with van der Waals surface area (Å²) in [5.74, 6) is 0. The predicted molar refractivity (Wildman–Crippen MR) is 81.3 cm³/mol. The highest BCUT2D eigenvalue weighted by molar-refractivity contribution is 5.25. The van der Waals surface area contributed by atoms with Crippen LogP contribution in [0, 0.1) is 5.41 Å². The van der Waals surface area contributed by atoms with Gasteiger partial charge < -0.3 is 5.32 Å². The van der Waals surface area contributed by atoms with Crippen LogP contribution >= 0.6 is 0 Å². The van der Waals surface area contributed by atoms with Gasteiger partial charge in [-0.2, -0.15) is 13.2 Å². The predicted octanol–water partition coefficient (Wildman–Crippen LogP) is 5.05. The van der Waals surface area contributed by atoms with Crippen molar-refractivity contribution < 1.29 is 13.2 Å². The van der Waals surface area contributed by atoms with Crippen molar-refractivity contribution >= 4 is 0 Å². The number of hydrogen-bond donors (Lipinski definition) is 1. The first-order valence-corrected chi connectivity index (χ1v) is 7.36. The van der Waals surface area contributed by atoms with Gasteiger partial charge in [-0.15, -0.1) is 0 Å². The summed E-state index contributed by atoms with van der Waals surface area (Å²) in [5, 5.41) is 3.49. The molecule has 0 aliphatic carbocycles. The van der Waals surface area contributed by atoms with Gasteiger partial charge in [-0.25, -0.2) is 0 Å². The fourth-order valence-electron chi connectivity index (χ4n) is 2.10. The number of hydrogen-bond acceptors (Lipinski definition) is 1. The topological polar surface area (TPSA) is 12.0 Å². The van der Waals surface area contributed by atoms with Crippen molar-refractivity contribution in [1.82, 2.24) is 5.32 Å². The van der Waals surface area contributed by atoms with Gasteiger partial charge in [0.15, 0.2) is 0 Å². The van der Waals surface area contributed by atoms with Crippen LogP contribution in [0.5, 0.6) is 0 Å². The Morgan fingerprint density at radius 2 is 1.48 bits per heavy atom. The van der Waals surface area contributed by atoms with Crippen LogP contribution < -0.4 is 5.32 Å². The molecule has 0 saturated heterocycles. The second kappa shape index (κ2) is 6.39. The van der Waals surface area contributed by atoms with Crippen LogP contribution in [0.2, 0.25) is 0 Å². The Morgan fingerprint density at radius 1 is 0.952 bits per heavy atom. The van der Waals surface area contributed by atoms with E-state index in [9.17, 15) is 13.2 Å². The normalized spacial score (nSPS) is 15.8. The SMILES string of the molecule is CCC(C)(CNC(C)(C)C)Cc1ccc(C(F)(F)F)cc1. The molecule has 0 bridgehead atoms. The summed E-state index contributed by atoms with van der Waals surface area (Å²) in [6.45, 7) is 11.5. The second-order valence-electron chi connectivity index (χ2n) is 7.14. The van der Waals surface area contributed by atoms with Gasteiger partial charge in [-0.05, 0) is 56.7 Å². The molecule has 0 aromatic heterocycles. The molecule has 1 atom stereocenters. The molecule has 0 amide bonds. The van der Waals surface area contributed by atoms with Gasteiger partial charge in [0.25, 0.3) is 0 Å². The molecule has 0 spiro atoms. The molecule has 0 heterocycles. The second-order valence-corrected chi connectivity index (χ2v) is 7.14. The maximum atomic E-state index is 12.6. The molecule has 0 radical (unpaired) electrons. The van der Waals surface area contributed by atoms with Crippen LogP contribution in [-0.2, 0) is 12.6 Å². The molecule has 1 aromatic carbocycles. The van der Waals surface area contributed by atoms with Crippen LogP contribution in [0.25, 0.3) is 0 Å². The van der Waals surface area contributed by atoms with E-state index < -0.39 is 11.7 Å². The zero-order valence-electron chi connectivity index (χ0n) is 13.6. The molecule has 0 aliphatic heterocycles. The number of alkyl halides is 3. The quantitative estimate of drug-likeness (QED) is 0.802. The van der Waals surface area contributed by atoms with E-state index in [-0.39, 0.29) is 11.0 Å². The van der Waals surface area contributed by atoms with Crippen molar-refractivity contribution in [1.29, 1.82) is 0 Å². The number of rotatable bonds is 5. The van der Waals surface area contributed by atoms with E-state index in [4.69, 9.17) is 0 Å². The fraction of sp³-hybridized carbons (Fsp3) is 0.647. The lowest BCUT2D eigenvalue weighted by molar-refractivity contribution is -0.137. The van der Waals surface area contributed by atoms with Gasteiger partial charge in [-0.1, -0.05) is 26.0 Å². The summed E-state index contributed by atoms with van der Waals surface area (Å²) in [7, 11) is 0. The lowest BCUT2D eigenvalue weighted by Crippen LogP contribution is -2.43. The average molecular weight is 301 g/mol. The van der Waals surface area contributed by atoms with Crippen molar-refractivity contribution in [3.05, 3.63) is 35.4 Å². The van der Waals surface area contributed by atoms with Gasteiger partial charge in [0.05, 0.1) is 5.56 Å². The highest BCUT2D eigenvalue weighted by atomic mass is 19.4. The Hall–Kier alpha value is -1.03. The van der Waals surface area contributed by atoms with Gasteiger partial charge in [-0.3, -0.25) is 0 Å². The Kier molecular flexibility index (Phi) is 5.48. The minimum Gasteiger partial charge on any atom is -0.312 e. The standard InChI is InChI=1S/C17H26F3N/c1-6-16(5,12-21-15(2,3)4)11-13-7-9-14(10-8-13)17(18,19)20/h7-10,21H,6,11-12H2,1-5H3. The minimum absolute atomic E-state index is 0.0348. The van der Waals surface area contributed by atoms with Crippen molar-refractivity contribution in [3.8, 4) is 0 Å². The van der Waals surface area contributed by atoms with E-state index >= 15 is 0 Å². The monoisotopic (exact) mass is 301 g/mol. The average Bonchev–Trinajstić information content (AvgIpc) is 2.35. The molecule has 1 aromatic rings. The van der Waals surface area contributed by atoms with Crippen molar-refractivity contribution in [3.63, 3.8) is 0 Å². The third-order valence-corrected chi connectivity index (χ3v) is 3.81. The molecule has 4 heteroatoms. The summed E-state index contributed by atoms with van der Waals surface area (Å²) in [6, 6.07) is 5.52. The summed E-state index contributed by atoms with van der Waals surface area (Å²) >= 11 is 0. The van der Waals surface area contributed by atoms with E-state index in [0.29, 0.717) is 0 Å². The van der Waals surface area contributed by atoms with Gasteiger partial charge in [0.1, 0.15) is 0 Å². The molecule has 1 unspecified atom stereocenters. The number of nitrogens with one attached hydrogen (secondary N) is 1. The fourth-order valence-corrected chi connectivity index (χ4v) is 2.10. The van der Waals surface area contributed by atoms with Crippen molar-refractivity contribution in [2.75, 3.05) is 6.54 Å². The summed E-state index contributed by atoms with van der Waals surface area (Å²) in [5.41, 5.74) is 0.434. The lowest BCUT2D eigenvalue weighted by atomic mass is 9.80. The summed E-state index contributed by atoms with van der Waals surface area (Å²) in [4.78, 5) is 0. The molecule has 0 aliphatic rings. The first-order valence-electron chi connectivity index (χ1n) is 7.36. The van der Waals surface area contributed by atoms with E-state index in [1.165, 1.54) is 12.1 Å². The van der Waals surface area contributed by atoms with Crippen molar-refractivity contribution in [2.45, 2.75) is 59.2 Å². The minimum atomic E-state index is -4.26. The molecule has 1 N–H and O–H groups in total. The molecular weight excluding hydrogens is 275 g/mol. The van der Waals surface area contributed by atoms with E-state index in [1.807, 2.05) is 0 Å². The Balaban J connectivity index is 2.77. The third-order valence-electron chi connectivity index (χ3n) is 3.81. The van der Waals surface area contributed by atoms with Crippen LogP contribution in [0.3, 0.4) is 0 Å². The van der Waals surface area contributed by atoms with Gasteiger partial charge >= 0.3 is 6.18 Å².